The van der Waals surface area contributed by atoms with Gasteiger partial charge in [0.05, 0.1) is 18.9 Å². The Morgan fingerprint density at radius 2 is 2.00 bits per heavy atom. The predicted octanol–water partition coefficient (Wildman–Crippen LogP) is 3.14. The molecule has 1 aliphatic carbocycles. The number of benzene rings is 1. The lowest BCUT2D eigenvalue weighted by Gasteiger charge is -2.22. The van der Waals surface area contributed by atoms with E-state index >= 15 is 0 Å². The van der Waals surface area contributed by atoms with Crippen molar-refractivity contribution in [2.24, 2.45) is 0 Å². The number of methoxy groups -OCH3 is 1. The Hall–Kier alpha value is -1.71. The van der Waals surface area contributed by atoms with Crippen LogP contribution in [-0.2, 0) is 4.79 Å². The summed E-state index contributed by atoms with van der Waals surface area (Å²) >= 11 is 0. The van der Waals surface area contributed by atoms with Crippen LogP contribution >= 0.6 is 0 Å². The van der Waals surface area contributed by atoms with E-state index in [1.54, 1.807) is 12.0 Å². The number of amides is 1. The van der Waals surface area contributed by atoms with Crippen LogP contribution in [0.25, 0.3) is 0 Å². The maximum atomic E-state index is 11.9. The van der Waals surface area contributed by atoms with Crippen LogP contribution in [-0.4, -0.2) is 25.7 Å². The van der Waals surface area contributed by atoms with E-state index in [-0.39, 0.29) is 12.0 Å². The second kappa shape index (κ2) is 5.73. The third kappa shape index (κ3) is 2.47. The minimum atomic E-state index is 0.168. The summed E-state index contributed by atoms with van der Waals surface area (Å²) < 4.78 is 11.6. The minimum absolute atomic E-state index is 0.168. The van der Waals surface area contributed by atoms with Crippen LogP contribution in [0.5, 0.6) is 11.5 Å². The highest BCUT2D eigenvalue weighted by atomic mass is 16.5. The zero-order valence-electron chi connectivity index (χ0n) is 11.9. The van der Waals surface area contributed by atoms with E-state index in [2.05, 4.69) is 0 Å². The molecule has 4 heteroatoms. The predicted molar refractivity (Wildman–Crippen MR) is 77.5 cm³/mol. The molecule has 2 aliphatic rings. The average Bonchev–Trinajstić information content (AvgIpc) is 3.10. The molecule has 1 saturated heterocycles. The summed E-state index contributed by atoms with van der Waals surface area (Å²) in [5.74, 6) is 1.62. The first kappa shape index (κ1) is 13.3. The van der Waals surface area contributed by atoms with Gasteiger partial charge in [0, 0.05) is 13.0 Å². The summed E-state index contributed by atoms with van der Waals surface area (Å²) in [6.45, 7) is 0.766. The summed E-state index contributed by atoms with van der Waals surface area (Å²) in [6.07, 6.45) is 6.50. The van der Waals surface area contributed by atoms with Crippen LogP contribution in [0.3, 0.4) is 0 Å². The Morgan fingerprint density at radius 3 is 2.65 bits per heavy atom. The van der Waals surface area contributed by atoms with Crippen molar-refractivity contribution in [1.29, 1.82) is 0 Å². The lowest BCUT2D eigenvalue weighted by Crippen LogP contribution is -2.24. The second-order valence-electron chi connectivity index (χ2n) is 5.48. The largest absolute Gasteiger partial charge is 0.491 e. The second-order valence-corrected chi connectivity index (χ2v) is 5.48. The van der Waals surface area contributed by atoms with Crippen molar-refractivity contribution < 1.29 is 14.3 Å². The number of para-hydroxylation sites is 1. The number of carbonyl (C=O) groups excluding carboxylic acids is 1. The topological polar surface area (TPSA) is 38.8 Å². The Labute approximate surface area is 119 Å². The molecule has 0 spiro atoms. The average molecular weight is 275 g/mol. The molecule has 0 bridgehead atoms. The fraction of sp³-hybridized carbons (Fsp3) is 0.562. The third-order valence-electron chi connectivity index (χ3n) is 4.12. The summed E-state index contributed by atoms with van der Waals surface area (Å²) in [4.78, 5) is 13.7. The maximum absolute atomic E-state index is 11.9. The molecule has 1 aliphatic heterocycles. The monoisotopic (exact) mass is 275 g/mol. The van der Waals surface area contributed by atoms with E-state index in [1.165, 1.54) is 12.8 Å². The molecule has 0 N–H and O–H groups in total. The van der Waals surface area contributed by atoms with Crippen molar-refractivity contribution in [3.8, 4) is 11.5 Å². The normalized spacial score (nSPS) is 19.6. The number of ether oxygens (including phenoxy) is 2. The van der Waals surface area contributed by atoms with Crippen LogP contribution in [0.15, 0.2) is 18.2 Å². The molecule has 0 radical (unpaired) electrons. The van der Waals surface area contributed by atoms with Gasteiger partial charge in [-0.2, -0.15) is 0 Å². The summed E-state index contributed by atoms with van der Waals surface area (Å²) in [5, 5.41) is 0. The van der Waals surface area contributed by atoms with Gasteiger partial charge >= 0.3 is 0 Å². The summed E-state index contributed by atoms with van der Waals surface area (Å²) in [6, 6.07) is 5.80. The number of anilines is 1. The molecule has 108 valence electrons. The molecule has 1 amide bonds. The van der Waals surface area contributed by atoms with Crippen molar-refractivity contribution in [2.75, 3.05) is 18.6 Å². The number of nitrogens with zero attached hydrogens (tertiary/aromatic N) is 1. The molecule has 1 heterocycles. The summed E-state index contributed by atoms with van der Waals surface area (Å²) in [5.41, 5.74) is 0.838. The molecule has 0 aromatic heterocycles. The van der Waals surface area contributed by atoms with Crippen LogP contribution in [0.1, 0.15) is 38.5 Å². The van der Waals surface area contributed by atoms with Crippen molar-refractivity contribution in [3.63, 3.8) is 0 Å². The van der Waals surface area contributed by atoms with Gasteiger partial charge in [-0.05, 0) is 44.2 Å². The van der Waals surface area contributed by atoms with E-state index in [9.17, 15) is 4.79 Å². The van der Waals surface area contributed by atoms with Gasteiger partial charge in [0.2, 0.25) is 5.91 Å². The molecule has 0 atom stereocenters. The van der Waals surface area contributed by atoms with Gasteiger partial charge in [-0.3, -0.25) is 4.79 Å². The number of carbonyl (C=O) groups is 1. The zero-order valence-corrected chi connectivity index (χ0v) is 11.9. The highest BCUT2D eigenvalue weighted by molar-refractivity contribution is 5.97. The standard InChI is InChI=1S/C16H21NO3/c1-19-16-13(17-11-5-10-15(17)18)8-4-9-14(16)20-12-6-2-3-7-12/h4,8-9,12H,2-3,5-7,10-11H2,1H3. The molecule has 1 aromatic carbocycles. The number of hydrogen-bond donors (Lipinski definition) is 0. The fourth-order valence-electron chi connectivity index (χ4n) is 3.10. The van der Waals surface area contributed by atoms with Gasteiger partial charge in [0.25, 0.3) is 0 Å². The SMILES string of the molecule is COc1c(OC2CCCC2)cccc1N1CCCC1=O. The molecule has 1 aromatic rings. The number of rotatable bonds is 4. The van der Waals surface area contributed by atoms with Crippen LogP contribution < -0.4 is 14.4 Å². The first-order valence-electron chi connectivity index (χ1n) is 7.43. The molecular formula is C16H21NO3. The van der Waals surface area contributed by atoms with E-state index in [4.69, 9.17) is 9.47 Å². The third-order valence-corrected chi connectivity index (χ3v) is 4.12. The Morgan fingerprint density at radius 1 is 1.20 bits per heavy atom. The van der Waals surface area contributed by atoms with E-state index in [0.29, 0.717) is 12.2 Å². The molecule has 0 unspecified atom stereocenters. The first-order chi connectivity index (χ1) is 9.79. The van der Waals surface area contributed by atoms with Crippen molar-refractivity contribution in [2.45, 2.75) is 44.6 Å². The van der Waals surface area contributed by atoms with Gasteiger partial charge in [-0.15, -0.1) is 0 Å². The Kier molecular flexibility index (Phi) is 3.81. The van der Waals surface area contributed by atoms with Crippen LogP contribution in [0, 0.1) is 0 Å². The molecule has 2 fully saturated rings. The maximum Gasteiger partial charge on any atom is 0.227 e. The van der Waals surface area contributed by atoms with Crippen molar-refractivity contribution in [3.05, 3.63) is 18.2 Å². The van der Waals surface area contributed by atoms with Crippen LogP contribution in [0.2, 0.25) is 0 Å². The first-order valence-corrected chi connectivity index (χ1v) is 7.43. The van der Waals surface area contributed by atoms with Gasteiger partial charge in [-0.25, -0.2) is 0 Å². The van der Waals surface area contributed by atoms with Gasteiger partial charge in [0.1, 0.15) is 0 Å². The summed E-state index contributed by atoms with van der Waals surface area (Å²) in [7, 11) is 1.64. The molecular weight excluding hydrogens is 254 g/mol. The molecule has 3 rings (SSSR count). The highest BCUT2D eigenvalue weighted by Gasteiger charge is 2.27. The number of hydrogen-bond acceptors (Lipinski definition) is 3. The Bertz CT molecular complexity index is 494. The van der Waals surface area contributed by atoms with E-state index < -0.39 is 0 Å². The molecule has 4 nitrogen and oxygen atoms in total. The Balaban J connectivity index is 1.88. The quantitative estimate of drug-likeness (QED) is 0.847. The molecule has 20 heavy (non-hydrogen) atoms. The van der Waals surface area contributed by atoms with E-state index in [1.807, 2.05) is 18.2 Å². The lowest BCUT2D eigenvalue weighted by atomic mass is 10.2. The van der Waals surface area contributed by atoms with E-state index in [0.717, 1.165) is 37.2 Å². The fourth-order valence-corrected chi connectivity index (χ4v) is 3.10. The lowest BCUT2D eigenvalue weighted by molar-refractivity contribution is -0.117. The van der Waals surface area contributed by atoms with Gasteiger partial charge in [0.15, 0.2) is 11.5 Å². The zero-order chi connectivity index (χ0) is 13.9. The smallest absolute Gasteiger partial charge is 0.227 e. The molecule has 1 saturated carbocycles. The van der Waals surface area contributed by atoms with Crippen molar-refractivity contribution in [1.82, 2.24) is 0 Å². The van der Waals surface area contributed by atoms with Gasteiger partial charge < -0.3 is 14.4 Å². The minimum Gasteiger partial charge on any atom is -0.491 e. The van der Waals surface area contributed by atoms with Crippen molar-refractivity contribution >= 4 is 11.6 Å². The van der Waals surface area contributed by atoms with Gasteiger partial charge in [-0.1, -0.05) is 6.07 Å². The van der Waals surface area contributed by atoms with Crippen LogP contribution in [0.4, 0.5) is 5.69 Å². The highest BCUT2D eigenvalue weighted by Crippen LogP contribution is 2.40.